The quantitative estimate of drug-likeness (QED) is 0.561. The molecule has 0 unspecified atom stereocenters. The Bertz CT molecular complexity index is 1050. The van der Waals surface area contributed by atoms with Gasteiger partial charge in [0.2, 0.25) is 0 Å². The summed E-state index contributed by atoms with van der Waals surface area (Å²) in [6, 6.07) is 12.0. The molecular formula is C19H17N5O2. The largest absolute Gasteiger partial charge is 0.461 e. The van der Waals surface area contributed by atoms with Gasteiger partial charge in [-0.1, -0.05) is 12.1 Å². The van der Waals surface area contributed by atoms with E-state index >= 15 is 0 Å². The summed E-state index contributed by atoms with van der Waals surface area (Å²) in [5.41, 5.74) is 3.73. The van der Waals surface area contributed by atoms with Crippen LogP contribution in [0.25, 0.3) is 22.2 Å². The molecule has 3 aromatic heterocycles. The number of rotatable bonds is 5. The molecule has 1 N–H and O–H groups in total. The van der Waals surface area contributed by atoms with Crippen molar-refractivity contribution >= 4 is 16.9 Å². The smallest absolute Gasteiger partial charge is 0.361 e. The topological polar surface area (TPSA) is 85.7 Å². The van der Waals surface area contributed by atoms with Crippen LogP contribution in [-0.4, -0.2) is 37.5 Å². The lowest BCUT2D eigenvalue weighted by atomic mass is 10.1. The second kappa shape index (κ2) is 6.79. The number of H-pyrrole nitrogens is 1. The van der Waals surface area contributed by atoms with Gasteiger partial charge in [0.05, 0.1) is 6.61 Å². The number of carbonyl (C=O) groups is 1. The number of ether oxygens (including phenoxy) is 1. The van der Waals surface area contributed by atoms with E-state index < -0.39 is 5.97 Å². The summed E-state index contributed by atoms with van der Waals surface area (Å²) in [7, 11) is 0. The number of hydrogen-bond acceptors (Lipinski definition) is 5. The Morgan fingerprint density at radius 3 is 2.96 bits per heavy atom. The predicted molar refractivity (Wildman–Crippen MR) is 96.6 cm³/mol. The maximum absolute atomic E-state index is 12.0. The molecule has 4 rings (SSSR count). The Kier molecular flexibility index (Phi) is 4.18. The predicted octanol–water partition coefficient (Wildman–Crippen LogP) is 3.05. The second-order valence-electron chi connectivity index (χ2n) is 5.82. The lowest BCUT2D eigenvalue weighted by Gasteiger charge is -2.06. The first kappa shape index (κ1) is 16.0. The second-order valence-corrected chi connectivity index (χ2v) is 5.82. The van der Waals surface area contributed by atoms with Gasteiger partial charge in [-0.25, -0.2) is 4.79 Å². The molecule has 0 aliphatic heterocycles. The number of nitrogens with one attached hydrogen (secondary N) is 1. The summed E-state index contributed by atoms with van der Waals surface area (Å²) in [6.45, 7) is 2.80. The van der Waals surface area contributed by atoms with Gasteiger partial charge in [-0.3, -0.25) is 4.98 Å². The Morgan fingerprint density at radius 1 is 1.23 bits per heavy atom. The summed E-state index contributed by atoms with van der Waals surface area (Å²) in [5, 5.41) is 11.6. The van der Waals surface area contributed by atoms with Gasteiger partial charge in [-0.15, -0.1) is 5.10 Å². The minimum atomic E-state index is -0.481. The summed E-state index contributed by atoms with van der Waals surface area (Å²) < 4.78 is 7.19. The molecule has 0 aliphatic carbocycles. The first-order chi connectivity index (χ1) is 12.8. The summed E-state index contributed by atoms with van der Waals surface area (Å²) >= 11 is 0. The van der Waals surface area contributed by atoms with Crippen LogP contribution in [0.2, 0.25) is 0 Å². The first-order valence-electron chi connectivity index (χ1n) is 8.32. The standard InChI is InChI=1S/C19H17N5O2/c1-2-26-19(25)18-17(21-23-22-18)15-5-6-16-14(10-15)7-9-24(16)12-13-4-3-8-20-11-13/h3-11H,2,12H2,1H3,(H,21,22,23). The zero-order chi connectivity index (χ0) is 17.9. The Hall–Kier alpha value is -3.48. The zero-order valence-electron chi connectivity index (χ0n) is 14.2. The van der Waals surface area contributed by atoms with Crippen LogP contribution >= 0.6 is 0 Å². The number of aromatic amines is 1. The Balaban J connectivity index is 1.68. The van der Waals surface area contributed by atoms with E-state index in [-0.39, 0.29) is 5.69 Å². The van der Waals surface area contributed by atoms with Gasteiger partial charge in [0.25, 0.3) is 0 Å². The molecule has 0 saturated carbocycles. The molecule has 0 atom stereocenters. The van der Waals surface area contributed by atoms with E-state index in [0.29, 0.717) is 12.3 Å². The van der Waals surface area contributed by atoms with E-state index in [1.165, 1.54) is 0 Å². The fraction of sp³-hybridized carbons (Fsp3) is 0.158. The van der Waals surface area contributed by atoms with Gasteiger partial charge in [0, 0.05) is 41.6 Å². The maximum atomic E-state index is 12.0. The van der Waals surface area contributed by atoms with E-state index in [1.54, 1.807) is 13.1 Å². The zero-order valence-corrected chi connectivity index (χ0v) is 14.2. The fourth-order valence-electron chi connectivity index (χ4n) is 2.95. The molecule has 130 valence electrons. The van der Waals surface area contributed by atoms with E-state index in [9.17, 15) is 4.79 Å². The molecule has 0 bridgehead atoms. The van der Waals surface area contributed by atoms with Crippen molar-refractivity contribution in [3.63, 3.8) is 0 Å². The van der Waals surface area contributed by atoms with E-state index in [2.05, 4.69) is 25.0 Å². The third kappa shape index (κ3) is 2.95. The van der Waals surface area contributed by atoms with Crippen molar-refractivity contribution in [3.8, 4) is 11.3 Å². The average Bonchev–Trinajstić information content (AvgIpc) is 3.30. The summed E-state index contributed by atoms with van der Waals surface area (Å²) in [5.74, 6) is -0.481. The first-order valence-corrected chi connectivity index (χ1v) is 8.32. The third-order valence-electron chi connectivity index (χ3n) is 4.14. The number of fused-ring (bicyclic) bond motifs is 1. The van der Waals surface area contributed by atoms with Crippen molar-refractivity contribution in [2.75, 3.05) is 6.61 Å². The molecule has 1 aromatic carbocycles. The minimum Gasteiger partial charge on any atom is -0.461 e. The van der Waals surface area contributed by atoms with Crippen molar-refractivity contribution in [1.82, 2.24) is 25.0 Å². The van der Waals surface area contributed by atoms with Gasteiger partial charge >= 0.3 is 5.97 Å². The molecule has 4 aromatic rings. The van der Waals surface area contributed by atoms with Gasteiger partial charge in [0.1, 0.15) is 5.69 Å². The van der Waals surface area contributed by atoms with Gasteiger partial charge in [-0.05, 0) is 36.8 Å². The van der Waals surface area contributed by atoms with E-state index in [4.69, 9.17) is 4.74 Å². The van der Waals surface area contributed by atoms with Crippen LogP contribution in [-0.2, 0) is 11.3 Å². The molecule has 7 nitrogen and oxygen atoms in total. The van der Waals surface area contributed by atoms with Crippen LogP contribution in [0.4, 0.5) is 0 Å². The van der Waals surface area contributed by atoms with Crippen LogP contribution in [0, 0.1) is 0 Å². The summed E-state index contributed by atoms with van der Waals surface area (Å²) in [6.07, 6.45) is 5.67. The highest BCUT2D eigenvalue weighted by atomic mass is 16.5. The lowest BCUT2D eigenvalue weighted by molar-refractivity contribution is 0.0520. The fourth-order valence-corrected chi connectivity index (χ4v) is 2.95. The Labute approximate surface area is 149 Å². The molecule has 0 saturated heterocycles. The number of aromatic nitrogens is 5. The molecule has 0 aliphatic rings. The highest BCUT2D eigenvalue weighted by Gasteiger charge is 2.19. The van der Waals surface area contributed by atoms with Gasteiger partial charge in [-0.2, -0.15) is 10.3 Å². The van der Waals surface area contributed by atoms with E-state index in [0.717, 1.165) is 28.6 Å². The highest BCUT2D eigenvalue weighted by molar-refractivity contribution is 5.95. The number of carbonyl (C=O) groups excluding carboxylic acids is 1. The third-order valence-corrected chi connectivity index (χ3v) is 4.14. The molecule has 3 heterocycles. The number of pyridine rings is 1. The number of esters is 1. The van der Waals surface area contributed by atoms with Crippen LogP contribution in [0.3, 0.4) is 0 Å². The molecule has 0 spiro atoms. The normalized spacial score (nSPS) is 11.0. The molecule has 26 heavy (non-hydrogen) atoms. The van der Waals surface area contributed by atoms with Crippen molar-refractivity contribution in [2.24, 2.45) is 0 Å². The van der Waals surface area contributed by atoms with Crippen molar-refractivity contribution in [3.05, 3.63) is 66.2 Å². The molecule has 0 amide bonds. The minimum absolute atomic E-state index is 0.195. The number of benzene rings is 1. The van der Waals surface area contributed by atoms with Crippen molar-refractivity contribution in [2.45, 2.75) is 13.5 Å². The lowest BCUT2D eigenvalue weighted by Crippen LogP contribution is -2.06. The highest BCUT2D eigenvalue weighted by Crippen LogP contribution is 2.26. The monoisotopic (exact) mass is 347 g/mol. The average molecular weight is 347 g/mol. The van der Waals surface area contributed by atoms with Crippen LogP contribution in [0.1, 0.15) is 23.0 Å². The van der Waals surface area contributed by atoms with Gasteiger partial charge in [0.15, 0.2) is 5.69 Å². The van der Waals surface area contributed by atoms with Crippen molar-refractivity contribution in [1.29, 1.82) is 0 Å². The SMILES string of the molecule is CCOC(=O)c1n[nH]nc1-c1ccc2c(ccn2Cc2cccnc2)c1. The number of hydrogen-bond donors (Lipinski definition) is 1. The molecule has 7 heteroatoms. The van der Waals surface area contributed by atoms with Crippen LogP contribution in [0.15, 0.2) is 55.0 Å². The molecule has 0 radical (unpaired) electrons. The maximum Gasteiger partial charge on any atom is 0.361 e. The molecular weight excluding hydrogens is 330 g/mol. The van der Waals surface area contributed by atoms with Crippen LogP contribution < -0.4 is 0 Å². The molecule has 0 fully saturated rings. The number of nitrogens with zero attached hydrogens (tertiary/aromatic N) is 4. The van der Waals surface area contributed by atoms with Crippen molar-refractivity contribution < 1.29 is 9.53 Å². The Morgan fingerprint density at radius 2 is 2.15 bits per heavy atom. The van der Waals surface area contributed by atoms with E-state index in [1.807, 2.05) is 48.8 Å². The summed E-state index contributed by atoms with van der Waals surface area (Å²) in [4.78, 5) is 16.2. The van der Waals surface area contributed by atoms with Crippen LogP contribution in [0.5, 0.6) is 0 Å². The van der Waals surface area contributed by atoms with Gasteiger partial charge < -0.3 is 9.30 Å².